The number of rotatable bonds is 5. The predicted octanol–water partition coefficient (Wildman–Crippen LogP) is 3.34. The van der Waals surface area contributed by atoms with E-state index in [0.717, 1.165) is 27.9 Å². The van der Waals surface area contributed by atoms with Crippen LogP contribution in [0.5, 0.6) is 0 Å². The highest BCUT2D eigenvalue weighted by Crippen LogP contribution is 2.23. The molecule has 2 heterocycles. The van der Waals surface area contributed by atoms with Crippen molar-refractivity contribution in [2.75, 3.05) is 0 Å². The zero-order valence-corrected chi connectivity index (χ0v) is 13.5. The SMILES string of the molecule is c1ccc(-c2cnc(SCc3nnnn3-c3ccccc3)[nH]2)cc1. The lowest BCUT2D eigenvalue weighted by molar-refractivity contribution is 0.777. The number of hydrogen-bond donors (Lipinski definition) is 1. The van der Waals surface area contributed by atoms with Crippen molar-refractivity contribution in [1.29, 1.82) is 0 Å². The van der Waals surface area contributed by atoms with Crippen LogP contribution in [0.4, 0.5) is 0 Å². The van der Waals surface area contributed by atoms with E-state index in [4.69, 9.17) is 0 Å². The molecule has 0 aliphatic rings. The third-order valence-electron chi connectivity index (χ3n) is 3.51. The zero-order valence-electron chi connectivity index (χ0n) is 12.7. The van der Waals surface area contributed by atoms with Crippen LogP contribution >= 0.6 is 11.8 Å². The van der Waals surface area contributed by atoms with Gasteiger partial charge in [0.15, 0.2) is 11.0 Å². The summed E-state index contributed by atoms with van der Waals surface area (Å²) >= 11 is 1.57. The molecule has 0 aliphatic carbocycles. The van der Waals surface area contributed by atoms with Crippen LogP contribution in [0, 0.1) is 0 Å². The van der Waals surface area contributed by atoms with Crippen molar-refractivity contribution in [3.8, 4) is 16.9 Å². The summed E-state index contributed by atoms with van der Waals surface area (Å²) in [7, 11) is 0. The summed E-state index contributed by atoms with van der Waals surface area (Å²) in [4.78, 5) is 7.75. The molecule has 6 nitrogen and oxygen atoms in total. The van der Waals surface area contributed by atoms with E-state index in [2.05, 4.69) is 37.6 Å². The number of tetrazole rings is 1. The Hall–Kier alpha value is -2.93. The lowest BCUT2D eigenvalue weighted by Gasteiger charge is -2.03. The minimum absolute atomic E-state index is 0.629. The fourth-order valence-electron chi connectivity index (χ4n) is 2.34. The first-order valence-electron chi connectivity index (χ1n) is 7.46. The van der Waals surface area contributed by atoms with Gasteiger partial charge in [0.05, 0.1) is 23.3 Å². The zero-order chi connectivity index (χ0) is 16.2. The Morgan fingerprint density at radius 1 is 0.958 bits per heavy atom. The first-order valence-corrected chi connectivity index (χ1v) is 8.44. The number of para-hydroxylation sites is 1. The van der Waals surface area contributed by atoms with Crippen molar-refractivity contribution < 1.29 is 0 Å². The second-order valence-corrected chi connectivity index (χ2v) is 6.06. The third-order valence-corrected chi connectivity index (χ3v) is 4.39. The fraction of sp³-hybridized carbons (Fsp3) is 0.0588. The quantitative estimate of drug-likeness (QED) is 0.567. The van der Waals surface area contributed by atoms with E-state index in [1.54, 1.807) is 16.4 Å². The topological polar surface area (TPSA) is 72.3 Å². The number of hydrogen-bond acceptors (Lipinski definition) is 5. The molecule has 0 amide bonds. The van der Waals surface area contributed by atoms with E-state index in [-0.39, 0.29) is 0 Å². The van der Waals surface area contributed by atoms with Crippen LogP contribution in [0.15, 0.2) is 72.0 Å². The van der Waals surface area contributed by atoms with Gasteiger partial charge in [-0.15, -0.1) is 5.10 Å². The standard InChI is InChI=1S/C17H14N6S/c1-3-7-13(8-4-1)15-11-18-17(19-15)24-12-16-20-21-22-23(16)14-9-5-2-6-10-14/h1-11H,12H2,(H,18,19). The maximum atomic E-state index is 4.42. The van der Waals surface area contributed by atoms with Gasteiger partial charge in [0.2, 0.25) is 0 Å². The maximum absolute atomic E-state index is 4.42. The van der Waals surface area contributed by atoms with Crippen molar-refractivity contribution in [1.82, 2.24) is 30.2 Å². The molecular weight excluding hydrogens is 320 g/mol. The van der Waals surface area contributed by atoms with Crippen LogP contribution in [-0.2, 0) is 5.75 Å². The van der Waals surface area contributed by atoms with Crippen molar-refractivity contribution >= 4 is 11.8 Å². The summed E-state index contributed by atoms with van der Waals surface area (Å²) in [5, 5.41) is 12.8. The van der Waals surface area contributed by atoms with Crippen molar-refractivity contribution in [2.45, 2.75) is 10.9 Å². The molecule has 0 unspecified atom stereocenters. The lowest BCUT2D eigenvalue weighted by Crippen LogP contribution is -2.01. The van der Waals surface area contributed by atoms with E-state index in [0.29, 0.717) is 5.75 Å². The van der Waals surface area contributed by atoms with Crippen LogP contribution in [0.1, 0.15) is 5.82 Å². The first-order chi connectivity index (χ1) is 11.9. The number of imidazole rings is 1. The fourth-order valence-corrected chi connectivity index (χ4v) is 3.09. The summed E-state index contributed by atoms with van der Waals surface area (Å²) in [6.07, 6.45) is 1.85. The Morgan fingerprint density at radius 2 is 1.71 bits per heavy atom. The number of nitrogens with one attached hydrogen (secondary N) is 1. The number of nitrogens with zero attached hydrogens (tertiary/aromatic N) is 5. The summed E-state index contributed by atoms with van der Waals surface area (Å²) in [6, 6.07) is 20.0. The van der Waals surface area contributed by atoms with Gasteiger partial charge in [-0.2, -0.15) is 4.68 Å². The molecule has 2 aromatic heterocycles. The highest BCUT2D eigenvalue weighted by molar-refractivity contribution is 7.98. The molecule has 4 aromatic rings. The van der Waals surface area contributed by atoms with Gasteiger partial charge < -0.3 is 4.98 Å². The lowest BCUT2D eigenvalue weighted by atomic mass is 10.2. The van der Waals surface area contributed by atoms with Gasteiger partial charge in [-0.3, -0.25) is 0 Å². The number of benzene rings is 2. The molecule has 1 N–H and O–H groups in total. The molecule has 0 radical (unpaired) electrons. The minimum Gasteiger partial charge on any atom is -0.333 e. The molecule has 0 atom stereocenters. The van der Waals surface area contributed by atoms with E-state index >= 15 is 0 Å². The number of aromatic nitrogens is 6. The van der Waals surface area contributed by atoms with E-state index in [9.17, 15) is 0 Å². The van der Waals surface area contributed by atoms with Crippen LogP contribution in [0.2, 0.25) is 0 Å². The summed E-state index contributed by atoms with van der Waals surface area (Å²) < 4.78 is 1.74. The molecule has 118 valence electrons. The van der Waals surface area contributed by atoms with Gasteiger partial charge in [-0.05, 0) is 28.1 Å². The monoisotopic (exact) mass is 334 g/mol. The molecule has 0 fully saturated rings. The van der Waals surface area contributed by atoms with Gasteiger partial charge in [-0.25, -0.2) is 4.98 Å². The Morgan fingerprint density at radius 3 is 2.50 bits per heavy atom. The number of aromatic amines is 1. The van der Waals surface area contributed by atoms with Gasteiger partial charge in [0.1, 0.15) is 0 Å². The summed E-state index contributed by atoms with van der Waals surface area (Å²) in [6.45, 7) is 0. The van der Waals surface area contributed by atoms with Crippen LogP contribution in [-0.4, -0.2) is 30.2 Å². The van der Waals surface area contributed by atoms with Crippen molar-refractivity contribution in [3.63, 3.8) is 0 Å². The molecule has 2 aromatic carbocycles. The van der Waals surface area contributed by atoms with Gasteiger partial charge in [0, 0.05) is 0 Å². The highest BCUT2D eigenvalue weighted by atomic mass is 32.2. The van der Waals surface area contributed by atoms with E-state index in [1.807, 2.05) is 54.7 Å². The summed E-state index contributed by atoms with van der Waals surface area (Å²) in [5.74, 6) is 1.41. The molecule has 7 heteroatoms. The number of thioether (sulfide) groups is 1. The minimum atomic E-state index is 0.629. The third kappa shape index (κ3) is 3.07. The van der Waals surface area contributed by atoms with Gasteiger partial charge in [0.25, 0.3) is 0 Å². The Balaban J connectivity index is 1.49. The predicted molar refractivity (Wildman–Crippen MR) is 92.7 cm³/mol. The van der Waals surface area contributed by atoms with E-state index < -0.39 is 0 Å². The van der Waals surface area contributed by atoms with Crippen LogP contribution < -0.4 is 0 Å². The van der Waals surface area contributed by atoms with Gasteiger partial charge in [-0.1, -0.05) is 60.3 Å². The molecule has 0 bridgehead atoms. The molecule has 0 spiro atoms. The second-order valence-electron chi connectivity index (χ2n) is 5.10. The summed E-state index contributed by atoms with van der Waals surface area (Å²) in [5.41, 5.74) is 3.06. The maximum Gasteiger partial charge on any atom is 0.167 e. The average Bonchev–Trinajstić information content (AvgIpc) is 3.31. The molecule has 4 rings (SSSR count). The Labute approximate surface area is 143 Å². The largest absolute Gasteiger partial charge is 0.333 e. The molecule has 0 saturated carbocycles. The Kier molecular flexibility index (Phi) is 4.07. The first kappa shape index (κ1) is 14.6. The van der Waals surface area contributed by atoms with E-state index in [1.165, 1.54) is 0 Å². The molecule has 0 aliphatic heterocycles. The van der Waals surface area contributed by atoms with Crippen LogP contribution in [0.3, 0.4) is 0 Å². The van der Waals surface area contributed by atoms with Crippen molar-refractivity contribution in [3.05, 3.63) is 72.7 Å². The Bertz CT molecular complexity index is 916. The van der Waals surface area contributed by atoms with Crippen molar-refractivity contribution in [2.24, 2.45) is 0 Å². The molecule has 0 saturated heterocycles. The van der Waals surface area contributed by atoms with Gasteiger partial charge >= 0.3 is 0 Å². The average molecular weight is 334 g/mol. The second kappa shape index (κ2) is 6.67. The normalized spacial score (nSPS) is 10.8. The molecule has 24 heavy (non-hydrogen) atoms. The highest BCUT2D eigenvalue weighted by Gasteiger charge is 2.10. The molecular formula is C17H14N6S. The smallest absolute Gasteiger partial charge is 0.167 e. The van der Waals surface area contributed by atoms with Crippen LogP contribution in [0.25, 0.3) is 16.9 Å². The number of H-pyrrole nitrogens is 1.